The molecule has 0 saturated heterocycles. The van der Waals surface area contributed by atoms with E-state index >= 15 is 0 Å². The summed E-state index contributed by atoms with van der Waals surface area (Å²) in [6.07, 6.45) is 1.22. The molecule has 0 heterocycles. The van der Waals surface area contributed by atoms with Gasteiger partial charge in [0.05, 0.1) is 0 Å². The zero-order valence-corrected chi connectivity index (χ0v) is 7.85. The van der Waals surface area contributed by atoms with Crippen molar-refractivity contribution >= 4 is 0 Å². The molecule has 1 nitrogen and oxygen atoms in total. The average molecular weight is 153 g/mol. The van der Waals surface area contributed by atoms with Gasteiger partial charge in [-0.1, -0.05) is 32.9 Å². The van der Waals surface area contributed by atoms with Gasteiger partial charge >= 0.3 is 0 Å². The highest BCUT2D eigenvalue weighted by Crippen LogP contribution is 2.42. The van der Waals surface area contributed by atoms with Crippen molar-refractivity contribution in [2.75, 3.05) is 6.54 Å². The first kappa shape index (κ1) is 8.79. The third kappa shape index (κ3) is 1.84. The van der Waals surface area contributed by atoms with Gasteiger partial charge in [-0.15, -0.1) is 0 Å². The van der Waals surface area contributed by atoms with E-state index in [4.69, 9.17) is 0 Å². The molecular formula is C10H19N. The molecular weight excluding hydrogens is 134 g/mol. The summed E-state index contributed by atoms with van der Waals surface area (Å²) in [5.74, 6) is 1.51. The van der Waals surface area contributed by atoms with Crippen molar-refractivity contribution in [3.63, 3.8) is 0 Å². The first-order valence-electron chi connectivity index (χ1n) is 4.60. The topological polar surface area (TPSA) is 12.0 Å². The summed E-state index contributed by atoms with van der Waals surface area (Å²) in [7, 11) is 0. The molecule has 2 atom stereocenters. The molecule has 0 aromatic carbocycles. The van der Waals surface area contributed by atoms with E-state index in [1.165, 1.54) is 12.0 Å². The van der Waals surface area contributed by atoms with E-state index in [2.05, 4.69) is 32.7 Å². The van der Waals surface area contributed by atoms with Crippen LogP contribution in [0.25, 0.3) is 0 Å². The average Bonchev–Trinajstić information content (AvgIpc) is 2.57. The highest BCUT2D eigenvalue weighted by atomic mass is 15.0. The molecule has 1 aliphatic carbocycles. The first-order chi connectivity index (χ1) is 5.18. The summed E-state index contributed by atoms with van der Waals surface area (Å²) in [5, 5.41) is 3.49. The van der Waals surface area contributed by atoms with Crippen LogP contribution in [-0.2, 0) is 0 Å². The smallest absolute Gasteiger partial charge is 0.0349 e. The summed E-state index contributed by atoms with van der Waals surface area (Å²) in [6.45, 7) is 11.9. The Morgan fingerprint density at radius 2 is 2.18 bits per heavy atom. The fourth-order valence-electron chi connectivity index (χ4n) is 1.71. The predicted molar refractivity (Wildman–Crippen MR) is 49.5 cm³/mol. The highest BCUT2D eigenvalue weighted by molar-refractivity contribution is 5.32. The maximum Gasteiger partial charge on any atom is 0.0349 e. The second-order valence-electron chi connectivity index (χ2n) is 3.78. The predicted octanol–water partition coefficient (Wildman–Crippen LogP) is 2.20. The van der Waals surface area contributed by atoms with E-state index in [0.29, 0.717) is 6.04 Å². The minimum Gasteiger partial charge on any atom is -0.310 e. The molecule has 0 amide bonds. The standard InChI is InChI=1S/C10H19N/c1-5-6-11-10-8(4)9(10)7(2)3/h7,9-11H,4-6H2,1-3H3. The van der Waals surface area contributed by atoms with Crippen molar-refractivity contribution < 1.29 is 0 Å². The molecule has 1 rings (SSSR count). The van der Waals surface area contributed by atoms with Gasteiger partial charge in [-0.3, -0.25) is 0 Å². The Balaban J connectivity index is 2.25. The normalized spacial score (nSPS) is 29.6. The van der Waals surface area contributed by atoms with Crippen LogP contribution in [0, 0.1) is 11.8 Å². The Morgan fingerprint density at radius 1 is 1.55 bits per heavy atom. The van der Waals surface area contributed by atoms with Crippen LogP contribution in [0.3, 0.4) is 0 Å². The lowest BCUT2D eigenvalue weighted by Crippen LogP contribution is -2.20. The minimum atomic E-state index is 0.634. The van der Waals surface area contributed by atoms with Gasteiger partial charge in [0.1, 0.15) is 0 Å². The Kier molecular flexibility index (Phi) is 2.72. The van der Waals surface area contributed by atoms with Crippen molar-refractivity contribution in [1.29, 1.82) is 0 Å². The van der Waals surface area contributed by atoms with E-state index in [-0.39, 0.29) is 0 Å². The maximum atomic E-state index is 4.04. The molecule has 11 heavy (non-hydrogen) atoms. The summed E-state index contributed by atoms with van der Waals surface area (Å²) in [5.41, 5.74) is 1.41. The Labute approximate surface area is 69.9 Å². The van der Waals surface area contributed by atoms with E-state index in [9.17, 15) is 0 Å². The van der Waals surface area contributed by atoms with Gasteiger partial charge in [0, 0.05) is 12.0 Å². The SMILES string of the molecule is C=C1C(NCCC)C1C(C)C. The van der Waals surface area contributed by atoms with Crippen LogP contribution in [0.1, 0.15) is 27.2 Å². The molecule has 64 valence electrons. The molecule has 1 aliphatic rings. The summed E-state index contributed by atoms with van der Waals surface area (Å²) in [6, 6.07) is 0.634. The quantitative estimate of drug-likeness (QED) is 0.610. The molecule has 0 aliphatic heterocycles. The highest BCUT2D eigenvalue weighted by Gasteiger charge is 2.43. The second kappa shape index (κ2) is 3.40. The monoisotopic (exact) mass is 153 g/mol. The largest absolute Gasteiger partial charge is 0.310 e. The lowest BCUT2D eigenvalue weighted by Gasteiger charge is -2.02. The lowest BCUT2D eigenvalue weighted by atomic mass is 10.1. The Hall–Kier alpha value is -0.300. The molecule has 0 spiro atoms. The van der Waals surface area contributed by atoms with Gasteiger partial charge < -0.3 is 5.32 Å². The molecule has 2 unspecified atom stereocenters. The van der Waals surface area contributed by atoms with Crippen molar-refractivity contribution in [3.8, 4) is 0 Å². The van der Waals surface area contributed by atoms with Crippen LogP contribution in [0.2, 0.25) is 0 Å². The first-order valence-corrected chi connectivity index (χ1v) is 4.60. The third-order valence-electron chi connectivity index (χ3n) is 2.41. The van der Waals surface area contributed by atoms with Gasteiger partial charge in [0.15, 0.2) is 0 Å². The number of rotatable bonds is 4. The maximum absolute atomic E-state index is 4.04. The van der Waals surface area contributed by atoms with Crippen LogP contribution < -0.4 is 5.32 Å². The zero-order valence-electron chi connectivity index (χ0n) is 7.85. The Morgan fingerprint density at radius 3 is 2.55 bits per heavy atom. The van der Waals surface area contributed by atoms with Gasteiger partial charge in [0.25, 0.3) is 0 Å². The fraction of sp³-hybridized carbons (Fsp3) is 0.800. The van der Waals surface area contributed by atoms with Crippen LogP contribution in [0.15, 0.2) is 12.2 Å². The molecule has 0 bridgehead atoms. The van der Waals surface area contributed by atoms with Crippen LogP contribution in [0.4, 0.5) is 0 Å². The van der Waals surface area contributed by atoms with Crippen LogP contribution in [0.5, 0.6) is 0 Å². The van der Waals surface area contributed by atoms with E-state index in [1.54, 1.807) is 0 Å². The van der Waals surface area contributed by atoms with Gasteiger partial charge in [-0.05, 0) is 18.9 Å². The van der Waals surface area contributed by atoms with Gasteiger partial charge in [-0.2, -0.15) is 0 Å². The van der Waals surface area contributed by atoms with Gasteiger partial charge in [0.2, 0.25) is 0 Å². The fourth-order valence-corrected chi connectivity index (χ4v) is 1.71. The summed E-state index contributed by atoms with van der Waals surface area (Å²) in [4.78, 5) is 0. The zero-order chi connectivity index (χ0) is 8.43. The molecule has 1 fully saturated rings. The van der Waals surface area contributed by atoms with Crippen LogP contribution in [-0.4, -0.2) is 12.6 Å². The second-order valence-corrected chi connectivity index (χ2v) is 3.78. The van der Waals surface area contributed by atoms with Crippen molar-refractivity contribution in [2.45, 2.75) is 33.2 Å². The molecule has 1 heteroatoms. The summed E-state index contributed by atoms with van der Waals surface area (Å²) >= 11 is 0. The minimum absolute atomic E-state index is 0.634. The molecule has 1 N–H and O–H groups in total. The third-order valence-corrected chi connectivity index (χ3v) is 2.41. The van der Waals surface area contributed by atoms with E-state index < -0.39 is 0 Å². The van der Waals surface area contributed by atoms with Crippen molar-refractivity contribution in [3.05, 3.63) is 12.2 Å². The van der Waals surface area contributed by atoms with Crippen molar-refractivity contribution in [1.82, 2.24) is 5.32 Å². The number of hydrogen-bond acceptors (Lipinski definition) is 1. The number of nitrogens with one attached hydrogen (secondary N) is 1. The molecule has 0 radical (unpaired) electrons. The Bertz CT molecular complexity index is 149. The van der Waals surface area contributed by atoms with E-state index in [1.807, 2.05) is 0 Å². The number of hydrogen-bond donors (Lipinski definition) is 1. The molecule has 0 aromatic heterocycles. The summed E-state index contributed by atoms with van der Waals surface area (Å²) < 4.78 is 0. The molecule has 1 saturated carbocycles. The van der Waals surface area contributed by atoms with Crippen LogP contribution >= 0.6 is 0 Å². The lowest BCUT2D eigenvalue weighted by molar-refractivity contribution is 0.515. The van der Waals surface area contributed by atoms with Gasteiger partial charge in [-0.25, -0.2) is 0 Å². The molecule has 0 aromatic rings. The van der Waals surface area contributed by atoms with Crippen molar-refractivity contribution in [2.24, 2.45) is 11.8 Å². The van der Waals surface area contributed by atoms with E-state index in [0.717, 1.165) is 18.4 Å².